The minimum Gasteiger partial charge on any atom is -0.352 e. The molecule has 28 heavy (non-hydrogen) atoms. The topological polar surface area (TPSA) is 58.2 Å². The van der Waals surface area contributed by atoms with E-state index in [0.29, 0.717) is 24.2 Å². The van der Waals surface area contributed by atoms with Gasteiger partial charge in [0.05, 0.1) is 0 Å². The SMILES string of the molecule is Cc1cccc(CNC(=O)c2cccc(C(=O)NCCC3=CCCCC3)c2)c1. The highest BCUT2D eigenvalue weighted by Crippen LogP contribution is 2.19. The summed E-state index contributed by atoms with van der Waals surface area (Å²) in [6, 6.07) is 14.9. The predicted molar refractivity (Wildman–Crippen MR) is 112 cm³/mol. The fourth-order valence-corrected chi connectivity index (χ4v) is 3.48. The van der Waals surface area contributed by atoms with Crippen LogP contribution in [0.15, 0.2) is 60.2 Å². The third-order valence-corrected chi connectivity index (χ3v) is 5.04. The summed E-state index contributed by atoms with van der Waals surface area (Å²) in [5, 5.41) is 5.88. The summed E-state index contributed by atoms with van der Waals surface area (Å²) in [6.45, 7) is 3.12. The fourth-order valence-electron chi connectivity index (χ4n) is 3.48. The van der Waals surface area contributed by atoms with E-state index in [2.05, 4.69) is 16.7 Å². The van der Waals surface area contributed by atoms with Crippen molar-refractivity contribution in [2.24, 2.45) is 0 Å². The van der Waals surface area contributed by atoms with Crippen LogP contribution in [0.3, 0.4) is 0 Å². The molecule has 2 aromatic carbocycles. The molecule has 146 valence electrons. The van der Waals surface area contributed by atoms with Crippen LogP contribution in [0, 0.1) is 6.92 Å². The smallest absolute Gasteiger partial charge is 0.251 e. The zero-order chi connectivity index (χ0) is 19.8. The van der Waals surface area contributed by atoms with Gasteiger partial charge in [-0.25, -0.2) is 0 Å². The zero-order valence-electron chi connectivity index (χ0n) is 16.5. The van der Waals surface area contributed by atoms with E-state index in [1.807, 2.05) is 31.2 Å². The molecule has 0 heterocycles. The number of nitrogens with one attached hydrogen (secondary N) is 2. The maximum Gasteiger partial charge on any atom is 0.251 e. The molecular formula is C24H28N2O2. The van der Waals surface area contributed by atoms with Crippen molar-refractivity contribution >= 4 is 11.8 Å². The Hall–Kier alpha value is -2.88. The van der Waals surface area contributed by atoms with Crippen molar-refractivity contribution in [2.75, 3.05) is 6.54 Å². The summed E-state index contributed by atoms with van der Waals surface area (Å²) in [5.74, 6) is -0.312. The third kappa shape index (κ3) is 5.81. The van der Waals surface area contributed by atoms with Crippen LogP contribution in [-0.2, 0) is 6.54 Å². The van der Waals surface area contributed by atoms with E-state index >= 15 is 0 Å². The van der Waals surface area contributed by atoms with Crippen LogP contribution >= 0.6 is 0 Å². The molecule has 3 rings (SSSR count). The highest BCUT2D eigenvalue weighted by molar-refractivity contribution is 5.99. The standard InChI is InChI=1S/C24H28N2O2/c1-18-7-5-10-20(15-18)17-26-24(28)22-12-6-11-21(16-22)23(27)25-14-13-19-8-3-2-4-9-19/h5-8,10-12,15-16H,2-4,9,13-14,17H2,1H3,(H,25,27)(H,26,28). The first-order valence-electron chi connectivity index (χ1n) is 10.0. The van der Waals surface area contributed by atoms with Crippen LogP contribution in [0.2, 0.25) is 0 Å². The molecule has 1 aliphatic carbocycles. The van der Waals surface area contributed by atoms with Gasteiger partial charge in [0.15, 0.2) is 0 Å². The molecule has 0 fully saturated rings. The van der Waals surface area contributed by atoms with Gasteiger partial charge in [0, 0.05) is 24.2 Å². The lowest BCUT2D eigenvalue weighted by molar-refractivity contribution is 0.0950. The Morgan fingerprint density at radius 1 is 0.929 bits per heavy atom. The second kappa shape index (κ2) is 9.88. The van der Waals surface area contributed by atoms with E-state index in [1.165, 1.54) is 18.4 Å². The summed E-state index contributed by atoms with van der Waals surface area (Å²) >= 11 is 0. The molecule has 4 nitrogen and oxygen atoms in total. The lowest BCUT2D eigenvalue weighted by atomic mass is 9.97. The summed E-state index contributed by atoms with van der Waals surface area (Å²) in [5.41, 5.74) is 4.67. The number of hydrogen-bond acceptors (Lipinski definition) is 2. The highest BCUT2D eigenvalue weighted by Gasteiger charge is 2.11. The Bertz CT molecular complexity index is 870. The van der Waals surface area contributed by atoms with E-state index < -0.39 is 0 Å². The molecule has 0 unspecified atom stereocenters. The first-order chi connectivity index (χ1) is 13.6. The lowest BCUT2D eigenvalue weighted by Crippen LogP contribution is -2.26. The van der Waals surface area contributed by atoms with E-state index in [-0.39, 0.29) is 11.8 Å². The van der Waals surface area contributed by atoms with E-state index in [4.69, 9.17) is 0 Å². The van der Waals surface area contributed by atoms with E-state index in [1.54, 1.807) is 24.3 Å². The normalized spacial score (nSPS) is 13.5. The summed E-state index contributed by atoms with van der Waals surface area (Å²) < 4.78 is 0. The molecule has 0 spiro atoms. The molecule has 0 bridgehead atoms. The third-order valence-electron chi connectivity index (χ3n) is 5.04. The lowest BCUT2D eigenvalue weighted by Gasteiger charge is -2.13. The van der Waals surface area contributed by atoms with Gasteiger partial charge in [0.25, 0.3) is 11.8 Å². The monoisotopic (exact) mass is 376 g/mol. The number of benzene rings is 2. The average Bonchev–Trinajstić information content (AvgIpc) is 2.73. The first-order valence-corrected chi connectivity index (χ1v) is 10.0. The minimum atomic E-state index is -0.177. The average molecular weight is 377 g/mol. The molecule has 0 atom stereocenters. The molecule has 2 N–H and O–H groups in total. The van der Waals surface area contributed by atoms with Gasteiger partial charge >= 0.3 is 0 Å². The van der Waals surface area contributed by atoms with Crippen LogP contribution in [0.25, 0.3) is 0 Å². The summed E-state index contributed by atoms with van der Waals surface area (Å²) in [4.78, 5) is 24.9. The zero-order valence-corrected chi connectivity index (χ0v) is 16.5. The second-order valence-electron chi connectivity index (χ2n) is 7.37. The fraction of sp³-hybridized carbons (Fsp3) is 0.333. The molecule has 0 aromatic heterocycles. The summed E-state index contributed by atoms with van der Waals surface area (Å²) in [6.07, 6.45) is 8.03. The van der Waals surface area contributed by atoms with Crippen molar-refractivity contribution in [3.05, 3.63) is 82.4 Å². The molecule has 4 heteroatoms. The molecule has 1 aliphatic rings. The molecule has 2 amide bonds. The van der Waals surface area contributed by atoms with Gasteiger partial charge in [0.1, 0.15) is 0 Å². The van der Waals surface area contributed by atoms with Crippen molar-refractivity contribution in [1.29, 1.82) is 0 Å². The van der Waals surface area contributed by atoms with Gasteiger partial charge < -0.3 is 10.6 Å². The highest BCUT2D eigenvalue weighted by atomic mass is 16.2. The molecule has 2 aromatic rings. The quantitative estimate of drug-likeness (QED) is 0.697. The van der Waals surface area contributed by atoms with Gasteiger partial charge in [0.2, 0.25) is 0 Å². The molecule has 0 saturated carbocycles. The van der Waals surface area contributed by atoms with Gasteiger partial charge in [-0.3, -0.25) is 9.59 Å². The van der Waals surface area contributed by atoms with E-state index in [0.717, 1.165) is 30.4 Å². The number of rotatable bonds is 7. The number of carbonyl (C=O) groups is 2. The Labute approximate surface area is 167 Å². The van der Waals surface area contributed by atoms with Gasteiger partial charge in [-0.05, 0) is 62.8 Å². The van der Waals surface area contributed by atoms with Crippen LogP contribution < -0.4 is 10.6 Å². The predicted octanol–water partition coefficient (Wildman–Crippen LogP) is 4.55. The maximum absolute atomic E-state index is 12.4. The molecule has 0 radical (unpaired) electrons. The molecule has 0 aliphatic heterocycles. The number of hydrogen-bond donors (Lipinski definition) is 2. The Kier molecular flexibility index (Phi) is 7.01. The van der Waals surface area contributed by atoms with Crippen LogP contribution in [0.1, 0.15) is 63.9 Å². The molecular weight excluding hydrogens is 348 g/mol. The van der Waals surface area contributed by atoms with Crippen molar-refractivity contribution < 1.29 is 9.59 Å². The number of allylic oxidation sites excluding steroid dienone is 1. The van der Waals surface area contributed by atoms with Crippen LogP contribution in [-0.4, -0.2) is 18.4 Å². The van der Waals surface area contributed by atoms with Crippen LogP contribution in [0.5, 0.6) is 0 Å². The van der Waals surface area contributed by atoms with E-state index in [9.17, 15) is 9.59 Å². The van der Waals surface area contributed by atoms with Crippen LogP contribution in [0.4, 0.5) is 0 Å². The number of amides is 2. The minimum absolute atomic E-state index is 0.134. The maximum atomic E-state index is 12.4. The second-order valence-corrected chi connectivity index (χ2v) is 7.37. The number of aryl methyl sites for hydroxylation is 1. The molecule has 0 saturated heterocycles. The van der Waals surface area contributed by atoms with Gasteiger partial charge in [-0.15, -0.1) is 0 Å². The largest absolute Gasteiger partial charge is 0.352 e. The first kappa shape index (κ1) is 19.9. The van der Waals surface area contributed by atoms with Crippen molar-refractivity contribution in [2.45, 2.75) is 45.6 Å². The Morgan fingerprint density at radius 3 is 2.39 bits per heavy atom. The Balaban J connectivity index is 1.52. The van der Waals surface area contributed by atoms with Crippen molar-refractivity contribution in [3.63, 3.8) is 0 Å². The van der Waals surface area contributed by atoms with Gasteiger partial charge in [-0.2, -0.15) is 0 Å². The Morgan fingerprint density at radius 2 is 1.68 bits per heavy atom. The van der Waals surface area contributed by atoms with Crippen molar-refractivity contribution in [3.8, 4) is 0 Å². The van der Waals surface area contributed by atoms with Gasteiger partial charge in [-0.1, -0.05) is 47.5 Å². The number of carbonyl (C=O) groups excluding carboxylic acids is 2. The van der Waals surface area contributed by atoms with Crippen molar-refractivity contribution in [1.82, 2.24) is 10.6 Å². The summed E-state index contributed by atoms with van der Waals surface area (Å²) in [7, 11) is 0.